The van der Waals surface area contributed by atoms with Gasteiger partial charge in [-0.05, 0) is 30.3 Å². The summed E-state index contributed by atoms with van der Waals surface area (Å²) in [5.74, 6) is -1.10. The Balaban J connectivity index is 1.84. The number of ether oxygens (including phenoxy) is 1. The molecular formula is C24H19FN4O3. The standard InChI is InChI=1S/C24H19FN4O3/c1-32-24(31)29(17-10-3-2-4-11-17)28-23(30)20-18-12-5-6-13-19(18)27-22(21(20)26)15-8-7-9-16(25)14-15/h2-14H,26H2,1H3,(H,28,30). The van der Waals surface area contributed by atoms with Gasteiger partial charge in [0.2, 0.25) is 0 Å². The quantitative estimate of drug-likeness (QED) is 0.465. The van der Waals surface area contributed by atoms with Crippen LogP contribution in [0, 0.1) is 5.82 Å². The van der Waals surface area contributed by atoms with Crippen molar-refractivity contribution in [2.24, 2.45) is 0 Å². The van der Waals surface area contributed by atoms with Crippen LogP contribution in [0.4, 0.5) is 20.6 Å². The summed E-state index contributed by atoms with van der Waals surface area (Å²) in [5, 5.41) is 1.47. The van der Waals surface area contributed by atoms with E-state index in [0.29, 0.717) is 22.2 Å². The summed E-state index contributed by atoms with van der Waals surface area (Å²) in [7, 11) is 1.21. The number of nitrogen functional groups attached to an aromatic ring is 1. The van der Waals surface area contributed by atoms with Gasteiger partial charge >= 0.3 is 6.09 Å². The number of pyridine rings is 1. The maximum atomic E-state index is 13.8. The van der Waals surface area contributed by atoms with Crippen LogP contribution in [0.25, 0.3) is 22.2 Å². The lowest BCUT2D eigenvalue weighted by Gasteiger charge is -2.23. The van der Waals surface area contributed by atoms with E-state index < -0.39 is 17.8 Å². The smallest absolute Gasteiger partial charge is 0.433 e. The van der Waals surface area contributed by atoms with Crippen LogP contribution < -0.4 is 16.2 Å². The van der Waals surface area contributed by atoms with Crippen LogP contribution in [-0.2, 0) is 4.74 Å². The molecule has 0 fully saturated rings. The highest BCUT2D eigenvalue weighted by Crippen LogP contribution is 2.32. The molecule has 3 N–H and O–H groups in total. The molecule has 0 aliphatic heterocycles. The zero-order valence-electron chi connectivity index (χ0n) is 17.1. The minimum Gasteiger partial charge on any atom is -0.451 e. The van der Waals surface area contributed by atoms with Crippen molar-refractivity contribution in [3.05, 3.63) is 90.2 Å². The minimum absolute atomic E-state index is 0.0599. The van der Waals surface area contributed by atoms with E-state index in [-0.39, 0.29) is 16.9 Å². The van der Waals surface area contributed by atoms with Gasteiger partial charge in [-0.1, -0.05) is 48.5 Å². The van der Waals surface area contributed by atoms with Crippen LogP contribution in [0.5, 0.6) is 0 Å². The number of anilines is 2. The first-order chi connectivity index (χ1) is 15.5. The number of carbonyl (C=O) groups excluding carboxylic acids is 2. The van der Waals surface area contributed by atoms with Crippen molar-refractivity contribution in [2.45, 2.75) is 0 Å². The van der Waals surface area contributed by atoms with Crippen molar-refractivity contribution in [1.82, 2.24) is 10.4 Å². The molecule has 0 atom stereocenters. The predicted molar refractivity (Wildman–Crippen MR) is 120 cm³/mol. The van der Waals surface area contributed by atoms with Crippen LogP contribution in [0.2, 0.25) is 0 Å². The fraction of sp³-hybridized carbons (Fsp3) is 0.0417. The number of nitrogens with one attached hydrogen (secondary N) is 1. The third-order valence-electron chi connectivity index (χ3n) is 4.84. The Morgan fingerprint density at radius 1 is 1.00 bits per heavy atom. The molecule has 0 unspecified atom stereocenters. The topological polar surface area (TPSA) is 97.5 Å². The van der Waals surface area contributed by atoms with E-state index >= 15 is 0 Å². The first-order valence-corrected chi connectivity index (χ1v) is 9.68. The second kappa shape index (κ2) is 8.73. The normalized spacial score (nSPS) is 10.6. The zero-order valence-corrected chi connectivity index (χ0v) is 17.1. The Kier molecular flexibility index (Phi) is 5.67. The van der Waals surface area contributed by atoms with E-state index in [1.54, 1.807) is 60.7 Å². The molecule has 4 rings (SSSR count). The van der Waals surface area contributed by atoms with Gasteiger partial charge in [0.05, 0.1) is 35.3 Å². The molecular weight excluding hydrogens is 411 g/mol. The van der Waals surface area contributed by atoms with E-state index in [0.717, 1.165) is 5.01 Å². The van der Waals surface area contributed by atoms with Gasteiger partial charge in [0.1, 0.15) is 5.82 Å². The van der Waals surface area contributed by atoms with Crippen LogP contribution in [-0.4, -0.2) is 24.1 Å². The fourth-order valence-electron chi connectivity index (χ4n) is 3.37. The van der Waals surface area contributed by atoms with Gasteiger partial charge in [-0.25, -0.2) is 14.2 Å². The van der Waals surface area contributed by atoms with Gasteiger partial charge < -0.3 is 10.5 Å². The summed E-state index contributed by atoms with van der Waals surface area (Å²) in [6.45, 7) is 0. The number of nitrogens with two attached hydrogens (primary N) is 1. The number of halogens is 1. The first-order valence-electron chi connectivity index (χ1n) is 9.68. The Bertz CT molecular complexity index is 1310. The van der Waals surface area contributed by atoms with Crippen molar-refractivity contribution < 1.29 is 18.7 Å². The van der Waals surface area contributed by atoms with E-state index in [9.17, 15) is 14.0 Å². The van der Waals surface area contributed by atoms with E-state index in [2.05, 4.69) is 10.4 Å². The molecule has 0 radical (unpaired) electrons. The number of hydrogen-bond donors (Lipinski definition) is 2. The predicted octanol–water partition coefficient (Wildman–Crippen LogP) is 4.54. The largest absolute Gasteiger partial charge is 0.451 e. The lowest BCUT2D eigenvalue weighted by molar-refractivity contribution is 0.0943. The molecule has 0 aliphatic carbocycles. The van der Waals surface area contributed by atoms with Gasteiger partial charge in [0.15, 0.2) is 0 Å². The Labute approximate surface area is 183 Å². The highest BCUT2D eigenvalue weighted by atomic mass is 19.1. The maximum Gasteiger partial charge on any atom is 0.433 e. The van der Waals surface area contributed by atoms with E-state index in [1.165, 1.54) is 25.3 Å². The highest BCUT2D eigenvalue weighted by Gasteiger charge is 2.24. The van der Waals surface area contributed by atoms with Crippen LogP contribution in [0.3, 0.4) is 0 Å². The van der Waals surface area contributed by atoms with Gasteiger partial charge in [-0.3, -0.25) is 10.2 Å². The summed E-state index contributed by atoms with van der Waals surface area (Å²) in [6.07, 6.45) is -0.785. The number of methoxy groups -OCH3 is 1. The number of fused-ring (bicyclic) bond motifs is 1. The molecule has 7 nitrogen and oxygen atoms in total. The second-order valence-corrected chi connectivity index (χ2v) is 6.86. The molecule has 1 heterocycles. The van der Waals surface area contributed by atoms with Crippen LogP contribution >= 0.6 is 0 Å². The zero-order chi connectivity index (χ0) is 22.7. The summed E-state index contributed by atoms with van der Waals surface area (Å²) in [6, 6.07) is 21.2. The molecule has 2 amide bonds. The molecule has 1 aromatic heterocycles. The van der Waals surface area contributed by atoms with Gasteiger partial charge in [-0.2, -0.15) is 5.01 Å². The first kappa shape index (κ1) is 20.8. The molecule has 160 valence electrons. The number of para-hydroxylation sites is 2. The van der Waals surface area contributed by atoms with Crippen LogP contribution in [0.15, 0.2) is 78.9 Å². The van der Waals surface area contributed by atoms with Crippen molar-refractivity contribution in [2.75, 3.05) is 17.9 Å². The summed E-state index contributed by atoms with van der Waals surface area (Å²) in [4.78, 5) is 30.3. The van der Waals surface area contributed by atoms with Crippen molar-refractivity contribution in [3.8, 4) is 11.3 Å². The number of aromatic nitrogens is 1. The monoisotopic (exact) mass is 430 g/mol. The molecule has 32 heavy (non-hydrogen) atoms. The average Bonchev–Trinajstić information content (AvgIpc) is 2.82. The highest BCUT2D eigenvalue weighted by molar-refractivity contribution is 6.14. The lowest BCUT2D eigenvalue weighted by atomic mass is 10.0. The maximum absolute atomic E-state index is 13.8. The summed E-state index contributed by atoms with van der Waals surface area (Å²) >= 11 is 0. The van der Waals surface area contributed by atoms with Gasteiger partial charge in [0.25, 0.3) is 5.91 Å². The molecule has 3 aromatic carbocycles. The Morgan fingerprint density at radius 2 is 1.72 bits per heavy atom. The summed E-state index contributed by atoms with van der Waals surface area (Å²) in [5.41, 5.74) is 10.7. The minimum atomic E-state index is -0.785. The SMILES string of the molecule is COC(=O)N(NC(=O)c1c(N)c(-c2cccc(F)c2)nc2ccccc12)c1ccccc1. The van der Waals surface area contributed by atoms with Crippen LogP contribution in [0.1, 0.15) is 10.4 Å². The molecule has 0 aliphatic rings. The van der Waals surface area contributed by atoms with Gasteiger partial charge in [0, 0.05) is 10.9 Å². The molecule has 0 bridgehead atoms. The number of amides is 2. The number of hydrazine groups is 1. The van der Waals surface area contributed by atoms with E-state index in [4.69, 9.17) is 10.5 Å². The third-order valence-corrected chi connectivity index (χ3v) is 4.84. The Hall–Kier alpha value is -4.46. The number of hydrogen-bond acceptors (Lipinski definition) is 5. The molecule has 8 heteroatoms. The van der Waals surface area contributed by atoms with Crippen molar-refractivity contribution >= 4 is 34.3 Å². The molecule has 4 aromatic rings. The van der Waals surface area contributed by atoms with Gasteiger partial charge in [-0.15, -0.1) is 0 Å². The molecule has 0 saturated carbocycles. The number of carbonyl (C=O) groups is 2. The Morgan fingerprint density at radius 3 is 2.44 bits per heavy atom. The molecule has 0 saturated heterocycles. The summed E-state index contributed by atoms with van der Waals surface area (Å²) < 4.78 is 18.7. The number of rotatable bonds is 3. The fourth-order valence-corrected chi connectivity index (χ4v) is 3.37. The van der Waals surface area contributed by atoms with Crippen molar-refractivity contribution in [3.63, 3.8) is 0 Å². The number of benzene rings is 3. The third kappa shape index (κ3) is 3.93. The second-order valence-electron chi connectivity index (χ2n) is 6.86. The van der Waals surface area contributed by atoms with E-state index in [1.807, 2.05) is 0 Å². The lowest BCUT2D eigenvalue weighted by Crippen LogP contribution is -2.46. The van der Waals surface area contributed by atoms with Crippen molar-refractivity contribution in [1.29, 1.82) is 0 Å². The molecule has 0 spiro atoms. The number of nitrogens with zero attached hydrogens (tertiary/aromatic N) is 2. The average molecular weight is 430 g/mol.